The van der Waals surface area contributed by atoms with Crippen molar-refractivity contribution < 1.29 is 14.7 Å². The normalized spacial score (nSPS) is 16.0. The first kappa shape index (κ1) is 14.7. The number of amides is 2. The van der Waals surface area contributed by atoms with Crippen molar-refractivity contribution in [3.05, 3.63) is 0 Å². The van der Waals surface area contributed by atoms with Crippen molar-refractivity contribution in [2.24, 2.45) is 5.92 Å². The van der Waals surface area contributed by atoms with Crippen LogP contribution in [0.25, 0.3) is 0 Å². The zero-order valence-corrected chi connectivity index (χ0v) is 10.4. The molecule has 0 radical (unpaired) electrons. The van der Waals surface area contributed by atoms with Gasteiger partial charge in [-0.05, 0) is 19.8 Å². The molecule has 0 aliphatic heterocycles. The number of nitrogens with one attached hydrogen (secondary N) is 2. The molecule has 16 heavy (non-hydrogen) atoms. The van der Waals surface area contributed by atoms with Gasteiger partial charge >= 0.3 is 12.0 Å². The van der Waals surface area contributed by atoms with E-state index in [9.17, 15) is 9.59 Å². The minimum Gasteiger partial charge on any atom is -0.481 e. The number of carbonyl (C=O) groups is 2. The van der Waals surface area contributed by atoms with Gasteiger partial charge in [-0.25, -0.2) is 4.79 Å². The Morgan fingerprint density at radius 1 is 1.19 bits per heavy atom. The van der Waals surface area contributed by atoms with Gasteiger partial charge in [-0.2, -0.15) is 0 Å². The van der Waals surface area contributed by atoms with Gasteiger partial charge in [-0.1, -0.05) is 20.3 Å². The highest BCUT2D eigenvalue weighted by molar-refractivity contribution is 5.75. The van der Waals surface area contributed by atoms with Gasteiger partial charge in [-0.3, -0.25) is 4.79 Å². The molecule has 2 amide bonds. The molecule has 0 saturated carbocycles. The van der Waals surface area contributed by atoms with Crippen molar-refractivity contribution in [1.82, 2.24) is 10.6 Å². The number of urea groups is 1. The molecule has 0 saturated heterocycles. The van der Waals surface area contributed by atoms with Crippen LogP contribution in [0.4, 0.5) is 4.79 Å². The van der Waals surface area contributed by atoms with Crippen LogP contribution in [-0.4, -0.2) is 29.2 Å². The fourth-order valence-corrected chi connectivity index (χ4v) is 1.28. The fourth-order valence-electron chi connectivity index (χ4n) is 1.28. The predicted octanol–water partition coefficient (Wildman–Crippen LogP) is 1.58. The van der Waals surface area contributed by atoms with E-state index in [1.165, 1.54) is 0 Å². The Hall–Kier alpha value is -1.26. The second kappa shape index (κ2) is 7.09. The zero-order valence-electron chi connectivity index (χ0n) is 10.4. The summed E-state index contributed by atoms with van der Waals surface area (Å²) in [7, 11) is 0. The lowest BCUT2D eigenvalue weighted by molar-refractivity contribution is -0.137. The van der Waals surface area contributed by atoms with Crippen molar-refractivity contribution >= 4 is 12.0 Å². The van der Waals surface area contributed by atoms with E-state index in [1.807, 2.05) is 6.92 Å². The summed E-state index contributed by atoms with van der Waals surface area (Å²) in [5, 5.41) is 13.9. The van der Waals surface area contributed by atoms with Crippen molar-refractivity contribution in [2.75, 3.05) is 0 Å². The third-order valence-electron chi connectivity index (χ3n) is 2.71. The minimum atomic E-state index is -0.914. The maximum absolute atomic E-state index is 11.5. The van der Waals surface area contributed by atoms with E-state index in [0.29, 0.717) is 5.92 Å². The molecule has 0 heterocycles. The highest BCUT2D eigenvalue weighted by atomic mass is 16.4. The molecule has 0 aromatic heterocycles. The topological polar surface area (TPSA) is 78.4 Å². The standard InChI is InChI=1S/C11H22N2O3/c1-5-7(2)9(4)13-11(16)12-8(3)6-10(14)15/h7-9H,5-6H2,1-4H3,(H,14,15)(H2,12,13,16). The van der Waals surface area contributed by atoms with E-state index in [4.69, 9.17) is 5.11 Å². The molecular weight excluding hydrogens is 208 g/mol. The number of carboxylic acids is 1. The van der Waals surface area contributed by atoms with Gasteiger partial charge < -0.3 is 15.7 Å². The van der Waals surface area contributed by atoms with Gasteiger partial charge in [0.15, 0.2) is 0 Å². The van der Waals surface area contributed by atoms with Gasteiger partial charge in [0.05, 0.1) is 6.42 Å². The molecule has 0 aromatic carbocycles. The third kappa shape index (κ3) is 6.27. The lowest BCUT2D eigenvalue weighted by atomic mass is 10.0. The van der Waals surface area contributed by atoms with Crippen LogP contribution in [0, 0.1) is 5.92 Å². The molecule has 94 valence electrons. The van der Waals surface area contributed by atoms with Crippen LogP contribution in [0.15, 0.2) is 0 Å². The second-order valence-corrected chi connectivity index (χ2v) is 4.29. The number of aliphatic carboxylic acids is 1. The molecular formula is C11H22N2O3. The van der Waals surface area contributed by atoms with Crippen LogP contribution in [0.3, 0.4) is 0 Å². The fraction of sp³-hybridized carbons (Fsp3) is 0.818. The highest BCUT2D eigenvalue weighted by Gasteiger charge is 2.15. The summed E-state index contributed by atoms with van der Waals surface area (Å²) in [4.78, 5) is 21.8. The quantitative estimate of drug-likeness (QED) is 0.648. The summed E-state index contributed by atoms with van der Waals surface area (Å²) in [6, 6.07) is -0.579. The van der Waals surface area contributed by atoms with Crippen LogP contribution in [0.1, 0.15) is 40.5 Å². The number of hydrogen-bond donors (Lipinski definition) is 3. The van der Waals surface area contributed by atoms with E-state index in [2.05, 4.69) is 24.5 Å². The van der Waals surface area contributed by atoms with Crippen molar-refractivity contribution in [3.8, 4) is 0 Å². The molecule has 3 atom stereocenters. The summed E-state index contributed by atoms with van der Waals surface area (Å²) in [5.74, 6) is -0.511. The Morgan fingerprint density at radius 3 is 2.19 bits per heavy atom. The summed E-state index contributed by atoms with van der Waals surface area (Å²) in [6.07, 6.45) is 0.928. The number of carbonyl (C=O) groups excluding carboxylic acids is 1. The first-order valence-corrected chi connectivity index (χ1v) is 5.65. The van der Waals surface area contributed by atoms with Crippen molar-refractivity contribution in [2.45, 2.75) is 52.6 Å². The van der Waals surface area contributed by atoms with Crippen LogP contribution < -0.4 is 10.6 Å². The second-order valence-electron chi connectivity index (χ2n) is 4.29. The van der Waals surface area contributed by atoms with E-state index in [-0.39, 0.29) is 24.5 Å². The molecule has 0 aliphatic rings. The maximum Gasteiger partial charge on any atom is 0.315 e. The van der Waals surface area contributed by atoms with Crippen LogP contribution in [-0.2, 0) is 4.79 Å². The smallest absolute Gasteiger partial charge is 0.315 e. The first-order valence-electron chi connectivity index (χ1n) is 5.65. The summed E-state index contributed by atoms with van der Waals surface area (Å²) < 4.78 is 0. The lowest BCUT2D eigenvalue weighted by Crippen LogP contribution is -2.46. The average molecular weight is 230 g/mol. The molecule has 3 unspecified atom stereocenters. The lowest BCUT2D eigenvalue weighted by Gasteiger charge is -2.21. The van der Waals surface area contributed by atoms with Crippen LogP contribution >= 0.6 is 0 Å². The van der Waals surface area contributed by atoms with E-state index < -0.39 is 5.97 Å². The van der Waals surface area contributed by atoms with E-state index in [0.717, 1.165) is 6.42 Å². The molecule has 5 nitrogen and oxygen atoms in total. The Bertz CT molecular complexity index is 243. The van der Waals surface area contributed by atoms with Gasteiger partial charge in [0.25, 0.3) is 0 Å². The Labute approximate surface area is 96.6 Å². The van der Waals surface area contributed by atoms with Crippen molar-refractivity contribution in [1.29, 1.82) is 0 Å². The summed E-state index contributed by atoms with van der Waals surface area (Å²) in [6.45, 7) is 7.73. The molecule has 0 fully saturated rings. The minimum absolute atomic E-state index is 0.0644. The molecule has 0 spiro atoms. The Kier molecular flexibility index (Phi) is 6.53. The van der Waals surface area contributed by atoms with Crippen LogP contribution in [0.2, 0.25) is 0 Å². The van der Waals surface area contributed by atoms with Crippen LogP contribution in [0.5, 0.6) is 0 Å². The van der Waals surface area contributed by atoms with Crippen molar-refractivity contribution in [3.63, 3.8) is 0 Å². The largest absolute Gasteiger partial charge is 0.481 e. The molecule has 0 bridgehead atoms. The van der Waals surface area contributed by atoms with Gasteiger partial charge in [0.2, 0.25) is 0 Å². The van der Waals surface area contributed by atoms with E-state index in [1.54, 1.807) is 6.92 Å². The van der Waals surface area contributed by atoms with Gasteiger partial charge in [-0.15, -0.1) is 0 Å². The monoisotopic (exact) mass is 230 g/mol. The Morgan fingerprint density at radius 2 is 1.75 bits per heavy atom. The van der Waals surface area contributed by atoms with Gasteiger partial charge in [0, 0.05) is 12.1 Å². The average Bonchev–Trinajstić information content (AvgIpc) is 2.14. The molecule has 0 aromatic rings. The summed E-state index contributed by atoms with van der Waals surface area (Å²) >= 11 is 0. The molecule has 3 N–H and O–H groups in total. The number of rotatable bonds is 6. The zero-order chi connectivity index (χ0) is 12.7. The van der Waals surface area contributed by atoms with E-state index >= 15 is 0 Å². The highest BCUT2D eigenvalue weighted by Crippen LogP contribution is 2.06. The molecule has 0 rings (SSSR count). The number of hydrogen-bond acceptors (Lipinski definition) is 2. The first-order chi connectivity index (χ1) is 7.36. The predicted molar refractivity (Wildman–Crippen MR) is 62.3 cm³/mol. The summed E-state index contributed by atoms with van der Waals surface area (Å²) in [5.41, 5.74) is 0. The molecule has 5 heteroatoms. The SMILES string of the molecule is CCC(C)C(C)NC(=O)NC(C)CC(=O)O. The maximum atomic E-state index is 11.5. The number of carboxylic acid groups (broad SMARTS) is 1. The molecule has 0 aliphatic carbocycles. The van der Waals surface area contributed by atoms with Gasteiger partial charge in [0.1, 0.15) is 0 Å². The Balaban J connectivity index is 3.94. The third-order valence-corrected chi connectivity index (χ3v) is 2.71.